The van der Waals surface area contributed by atoms with Crippen LogP contribution in [0.25, 0.3) is 0 Å². The summed E-state index contributed by atoms with van der Waals surface area (Å²) in [5.74, 6) is 0.366. The third-order valence-electron chi connectivity index (χ3n) is 2.92. The van der Waals surface area contributed by atoms with Crippen LogP contribution in [0, 0.1) is 0 Å². The third-order valence-corrected chi connectivity index (χ3v) is 3.66. The van der Waals surface area contributed by atoms with Crippen LogP contribution in [-0.4, -0.2) is 31.1 Å². The second-order valence-electron chi connectivity index (χ2n) is 4.17. The number of hydrogen-bond acceptors (Lipinski definition) is 2. The summed E-state index contributed by atoms with van der Waals surface area (Å²) < 4.78 is 0. The fourth-order valence-corrected chi connectivity index (χ4v) is 2.43. The Balaban J connectivity index is 2.26. The molecule has 0 aromatic heterocycles. The van der Waals surface area contributed by atoms with Crippen LogP contribution >= 0.6 is 23.2 Å². The summed E-state index contributed by atoms with van der Waals surface area (Å²) in [6, 6.07) is 5.96. The highest BCUT2D eigenvalue weighted by Gasteiger charge is 2.29. The maximum Gasteiger partial charge on any atom is 0.0595 e. The number of likely N-dealkylation sites (tertiary alicyclic amines) is 1. The Bertz CT molecular complexity index is 368. The molecule has 2 atom stereocenters. The molecule has 1 heterocycles. The first kappa shape index (κ1) is 11.2. The molecule has 0 radical (unpaired) electrons. The summed E-state index contributed by atoms with van der Waals surface area (Å²) in [4.78, 5) is 2.23. The summed E-state index contributed by atoms with van der Waals surface area (Å²) in [6.07, 6.45) is 0. The minimum atomic E-state index is 0.187. The molecule has 4 heteroatoms. The average Bonchev–Trinajstić information content (AvgIpc) is 2.50. The number of halogens is 2. The van der Waals surface area contributed by atoms with Crippen LogP contribution in [0.15, 0.2) is 18.2 Å². The largest absolute Gasteiger partial charge is 0.326 e. The number of benzene rings is 1. The summed E-state index contributed by atoms with van der Waals surface area (Å²) in [7, 11) is 2.08. The Morgan fingerprint density at radius 3 is 2.53 bits per heavy atom. The molecule has 0 spiro atoms. The van der Waals surface area contributed by atoms with E-state index >= 15 is 0 Å². The van der Waals surface area contributed by atoms with Crippen molar-refractivity contribution in [1.29, 1.82) is 0 Å². The van der Waals surface area contributed by atoms with Crippen molar-refractivity contribution in [3.05, 3.63) is 33.8 Å². The smallest absolute Gasteiger partial charge is 0.0595 e. The van der Waals surface area contributed by atoms with Crippen LogP contribution in [0.1, 0.15) is 11.5 Å². The van der Waals surface area contributed by atoms with E-state index in [1.807, 2.05) is 18.2 Å². The quantitative estimate of drug-likeness (QED) is 0.822. The van der Waals surface area contributed by atoms with Crippen LogP contribution in [-0.2, 0) is 0 Å². The predicted octanol–water partition coefficient (Wildman–Crippen LogP) is 2.35. The monoisotopic (exact) mass is 244 g/mol. The molecule has 1 aliphatic rings. The molecule has 1 aromatic rings. The molecule has 82 valence electrons. The van der Waals surface area contributed by atoms with Crippen LogP contribution < -0.4 is 5.73 Å². The van der Waals surface area contributed by atoms with E-state index in [4.69, 9.17) is 28.9 Å². The SMILES string of the molecule is CN1C[C@@H](N)[C@H](c2ccc(Cl)c(Cl)c2)C1. The van der Waals surface area contributed by atoms with Gasteiger partial charge in [-0.25, -0.2) is 0 Å². The summed E-state index contributed by atoms with van der Waals surface area (Å²) in [5.41, 5.74) is 7.25. The highest BCUT2D eigenvalue weighted by atomic mass is 35.5. The molecular weight excluding hydrogens is 231 g/mol. The Morgan fingerprint density at radius 1 is 1.27 bits per heavy atom. The molecule has 0 aliphatic carbocycles. The summed E-state index contributed by atoms with van der Waals surface area (Å²) in [6.45, 7) is 1.92. The van der Waals surface area contributed by atoms with Gasteiger partial charge >= 0.3 is 0 Å². The molecule has 15 heavy (non-hydrogen) atoms. The van der Waals surface area contributed by atoms with Crippen molar-refractivity contribution in [3.8, 4) is 0 Å². The van der Waals surface area contributed by atoms with Crippen molar-refractivity contribution >= 4 is 23.2 Å². The van der Waals surface area contributed by atoms with Crippen molar-refractivity contribution in [1.82, 2.24) is 4.90 Å². The molecule has 1 aromatic carbocycles. The number of likely N-dealkylation sites (N-methyl/N-ethyl adjacent to an activating group) is 1. The zero-order valence-electron chi connectivity index (χ0n) is 8.58. The van der Waals surface area contributed by atoms with E-state index in [1.54, 1.807) is 0 Å². The van der Waals surface area contributed by atoms with E-state index in [1.165, 1.54) is 5.56 Å². The normalized spacial score (nSPS) is 27.2. The Hall–Kier alpha value is -0.280. The maximum absolute atomic E-state index is 6.07. The van der Waals surface area contributed by atoms with E-state index in [2.05, 4.69) is 11.9 Å². The standard InChI is InChI=1S/C11H14Cl2N2/c1-15-5-8(11(14)6-15)7-2-3-9(12)10(13)4-7/h2-4,8,11H,5-6,14H2,1H3/t8-,11+/m0/s1. The highest BCUT2D eigenvalue weighted by molar-refractivity contribution is 6.42. The minimum Gasteiger partial charge on any atom is -0.326 e. The van der Waals surface area contributed by atoms with Gasteiger partial charge < -0.3 is 10.6 Å². The molecule has 0 unspecified atom stereocenters. The van der Waals surface area contributed by atoms with Crippen LogP contribution in [0.3, 0.4) is 0 Å². The molecule has 0 amide bonds. The highest BCUT2D eigenvalue weighted by Crippen LogP contribution is 2.30. The van der Waals surface area contributed by atoms with E-state index in [9.17, 15) is 0 Å². The molecule has 1 saturated heterocycles. The molecular formula is C11H14Cl2N2. The third kappa shape index (κ3) is 2.28. The van der Waals surface area contributed by atoms with Gasteiger partial charge in [-0.3, -0.25) is 0 Å². The van der Waals surface area contributed by atoms with Crippen molar-refractivity contribution < 1.29 is 0 Å². The lowest BCUT2D eigenvalue weighted by molar-refractivity contribution is 0.407. The van der Waals surface area contributed by atoms with E-state index < -0.39 is 0 Å². The van der Waals surface area contributed by atoms with Gasteiger partial charge in [0.05, 0.1) is 10.0 Å². The Morgan fingerprint density at radius 2 is 2.00 bits per heavy atom. The summed E-state index contributed by atoms with van der Waals surface area (Å²) >= 11 is 11.9. The molecule has 1 aliphatic heterocycles. The first-order chi connectivity index (χ1) is 7.08. The maximum atomic E-state index is 6.07. The van der Waals surface area contributed by atoms with Crippen LogP contribution in [0.4, 0.5) is 0 Å². The van der Waals surface area contributed by atoms with Gasteiger partial charge in [-0.2, -0.15) is 0 Å². The van der Waals surface area contributed by atoms with Gasteiger partial charge in [0.1, 0.15) is 0 Å². The van der Waals surface area contributed by atoms with Gasteiger partial charge in [0.2, 0.25) is 0 Å². The van der Waals surface area contributed by atoms with Gasteiger partial charge in [-0.05, 0) is 24.7 Å². The zero-order valence-corrected chi connectivity index (χ0v) is 10.1. The van der Waals surface area contributed by atoms with Crippen molar-refractivity contribution in [2.75, 3.05) is 20.1 Å². The van der Waals surface area contributed by atoms with Crippen molar-refractivity contribution in [2.45, 2.75) is 12.0 Å². The minimum absolute atomic E-state index is 0.187. The number of rotatable bonds is 1. The van der Waals surface area contributed by atoms with E-state index in [-0.39, 0.29) is 6.04 Å². The van der Waals surface area contributed by atoms with E-state index in [0.717, 1.165) is 13.1 Å². The lowest BCUT2D eigenvalue weighted by Crippen LogP contribution is -2.27. The number of nitrogens with two attached hydrogens (primary N) is 1. The Labute approximate surface area is 100.0 Å². The van der Waals surface area contributed by atoms with Crippen molar-refractivity contribution in [2.24, 2.45) is 5.73 Å². The first-order valence-corrected chi connectivity index (χ1v) is 5.72. The van der Waals surface area contributed by atoms with Gasteiger partial charge in [0.15, 0.2) is 0 Å². The number of hydrogen-bond donors (Lipinski definition) is 1. The lowest BCUT2D eigenvalue weighted by atomic mass is 9.95. The first-order valence-electron chi connectivity index (χ1n) is 4.97. The van der Waals surface area contributed by atoms with Gasteiger partial charge in [0.25, 0.3) is 0 Å². The van der Waals surface area contributed by atoms with Gasteiger partial charge in [-0.1, -0.05) is 29.3 Å². The molecule has 0 bridgehead atoms. The van der Waals surface area contributed by atoms with E-state index in [0.29, 0.717) is 16.0 Å². The predicted molar refractivity (Wildman–Crippen MR) is 64.7 cm³/mol. The molecule has 2 nitrogen and oxygen atoms in total. The second-order valence-corrected chi connectivity index (χ2v) is 4.98. The molecule has 2 N–H and O–H groups in total. The van der Waals surface area contributed by atoms with Crippen molar-refractivity contribution in [3.63, 3.8) is 0 Å². The molecule has 1 fully saturated rings. The second kappa shape index (κ2) is 4.30. The van der Waals surface area contributed by atoms with Crippen LogP contribution in [0.2, 0.25) is 10.0 Å². The summed E-state index contributed by atoms with van der Waals surface area (Å²) in [5, 5.41) is 1.20. The molecule has 2 rings (SSSR count). The Kier molecular flexibility index (Phi) is 3.21. The van der Waals surface area contributed by atoms with Crippen LogP contribution in [0.5, 0.6) is 0 Å². The lowest BCUT2D eigenvalue weighted by Gasteiger charge is -2.15. The zero-order chi connectivity index (χ0) is 11.0. The fraction of sp³-hybridized carbons (Fsp3) is 0.455. The number of nitrogens with zero attached hydrogens (tertiary/aromatic N) is 1. The fourth-order valence-electron chi connectivity index (χ4n) is 2.13. The topological polar surface area (TPSA) is 29.3 Å². The van der Waals surface area contributed by atoms with Gasteiger partial charge in [0, 0.05) is 25.0 Å². The average molecular weight is 245 g/mol. The van der Waals surface area contributed by atoms with Gasteiger partial charge in [-0.15, -0.1) is 0 Å². The molecule has 0 saturated carbocycles.